The number of nitrogens with zero attached hydrogens (tertiary/aromatic N) is 1. The highest BCUT2D eigenvalue weighted by Crippen LogP contribution is 2.17. The maximum atomic E-state index is 12.3. The number of anilines is 1. The molecule has 1 aliphatic heterocycles. The summed E-state index contributed by atoms with van der Waals surface area (Å²) in [5.74, 6) is 0.781. The van der Waals surface area contributed by atoms with Crippen molar-refractivity contribution in [2.75, 3.05) is 44.4 Å². The van der Waals surface area contributed by atoms with Crippen LogP contribution in [0.1, 0.15) is 42.1 Å². The molecule has 0 bridgehead atoms. The Balaban J connectivity index is 1.36. The van der Waals surface area contributed by atoms with Gasteiger partial charge in [-0.05, 0) is 61.2 Å². The number of ether oxygens (including phenoxy) is 2. The molecule has 1 fully saturated rings. The Morgan fingerprint density at radius 1 is 1.03 bits per heavy atom. The third-order valence-corrected chi connectivity index (χ3v) is 5.12. The summed E-state index contributed by atoms with van der Waals surface area (Å²) in [5.41, 5.74) is 3.22. The summed E-state index contributed by atoms with van der Waals surface area (Å²) in [4.78, 5) is 14.6. The van der Waals surface area contributed by atoms with Gasteiger partial charge in [-0.3, -0.25) is 4.79 Å². The summed E-state index contributed by atoms with van der Waals surface area (Å²) in [7, 11) is 0. The van der Waals surface area contributed by atoms with E-state index < -0.39 is 0 Å². The number of carbonyl (C=O) groups excluding carboxylic acids is 1. The van der Waals surface area contributed by atoms with Gasteiger partial charge >= 0.3 is 0 Å². The van der Waals surface area contributed by atoms with Crippen molar-refractivity contribution in [3.63, 3.8) is 0 Å². The van der Waals surface area contributed by atoms with Crippen molar-refractivity contribution in [2.45, 2.75) is 32.6 Å². The smallest absolute Gasteiger partial charge is 0.251 e. The Bertz CT molecular complexity index is 738. The van der Waals surface area contributed by atoms with Crippen LogP contribution in [0.25, 0.3) is 0 Å². The van der Waals surface area contributed by atoms with Crippen molar-refractivity contribution >= 4 is 11.6 Å². The van der Waals surface area contributed by atoms with Gasteiger partial charge in [0.1, 0.15) is 5.75 Å². The summed E-state index contributed by atoms with van der Waals surface area (Å²) < 4.78 is 11.0. The molecule has 1 amide bonds. The average molecular weight is 397 g/mol. The molecule has 1 aliphatic rings. The number of nitrogens with one attached hydrogen (secondary N) is 1. The molecular weight excluding hydrogens is 364 g/mol. The van der Waals surface area contributed by atoms with E-state index in [0.717, 1.165) is 64.3 Å². The third-order valence-electron chi connectivity index (χ3n) is 5.12. The van der Waals surface area contributed by atoms with Crippen LogP contribution in [0.3, 0.4) is 0 Å². The van der Waals surface area contributed by atoms with Gasteiger partial charge in [-0.15, -0.1) is 0 Å². The molecule has 3 rings (SSSR count). The van der Waals surface area contributed by atoms with Crippen LogP contribution >= 0.6 is 0 Å². The lowest BCUT2D eigenvalue weighted by Crippen LogP contribution is -2.36. The van der Waals surface area contributed by atoms with E-state index in [1.807, 2.05) is 24.3 Å². The lowest BCUT2D eigenvalue weighted by atomic mass is 10.1. The first kappa shape index (κ1) is 21.2. The molecule has 0 atom stereocenters. The molecule has 0 aliphatic carbocycles. The van der Waals surface area contributed by atoms with Crippen LogP contribution in [0, 0.1) is 0 Å². The van der Waals surface area contributed by atoms with Crippen molar-refractivity contribution in [2.24, 2.45) is 0 Å². The second-order valence-corrected chi connectivity index (χ2v) is 7.35. The van der Waals surface area contributed by atoms with Crippen molar-refractivity contribution in [3.8, 4) is 5.75 Å². The zero-order chi connectivity index (χ0) is 20.3. The van der Waals surface area contributed by atoms with E-state index in [0.29, 0.717) is 12.1 Å². The van der Waals surface area contributed by atoms with Gasteiger partial charge in [0.05, 0.1) is 19.8 Å². The zero-order valence-corrected chi connectivity index (χ0v) is 17.4. The highest BCUT2D eigenvalue weighted by molar-refractivity contribution is 5.94. The number of carbonyl (C=O) groups is 1. The van der Waals surface area contributed by atoms with E-state index in [1.54, 1.807) is 0 Å². The van der Waals surface area contributed by atoms with E-state index in [2.05, 4.69) is 41.4 Å². The molecule has 1 N–H and O–H groups in total. The predicted molar refractivity (Wildman–Crippen MR) is 117 cm³/mol. The van der Waals surface area contributed by atoms with Crippen LogP contribution in [-0.2, 0) is 11.2 Å². The fraction of sp³-hybridized carbons (Fsp3) is 0.458. The monoisotopic (exact) mass is 396 g/mol. The second kappa shape index (κ2) is 11.5. The molecule has 0 spiro atoms. The van der Waals surface area contributed by atoms with Crippen LogP contribution in [0.5, 0.6) is 5.75 Å². The minimum Gasteiger partial charge on any atom is -0.494 e. The molecule has 5 heteroatoms. The van der Waals surface area contributed by atoms with E-state index in [9.17, 15) is 4.79 Å². The number of unbranched alkanes of at least 4 members (excludes halogenated alkanes) is 1. The number of hydrogen-bond acceptors (Lipinski definition) is 4. The Morgan fingerprint density at radius 3 is 2.45 bits per heavy atom. The molecule has 0 radical (unpaired) electrons. The SMILES string of the molecule is CCCCOc1ccc(C(=O)NCCCc2ccc(N3CCOCC3)cc2)cc1. The quantitative estimate of drug-likeness (QED) is 0.615. The number of aryl methyl sites for hydroxylation is 1. The Hall–Kier alpha value is -2.53. The highest BCUT2D eigenvalue weighted by Gasteiger charge is 2.10. The highest BCUT2D eigenvalue weighted by atomic mass is 16.5. The molecular formula is C24H32N2O3. The molecule has 156 valence electrons. The third kappa shape index (κ3) is 6.79. The van der Waals surface area contributed by atoms with E-state index >= 15 is 0 Å². The summed E-state index contributed by atoms with van der Waals surface area (Å²) in [6.07, 6.45) is 4.02. The fourth-order valence-electron chi connectivity index (χ4n) is 3.33. The van der Waals surface area contributed by atoms with Gasteiger partial charge in [0.2, 0.25) is 0 Å². The zero-order valence-electron chi connectivity index (χ0n) is 17.4. The number of amides is 1. The van der Waals surface area contributed by atoms with Crippen LogP contribution in [-0.4, -0.2) is 45.4 Å². The fourth-order valence-corrected chi connectivity index (χ4v) is 3.33. The van der Waals surface area contributed by atoms with Gasteiger partial charge in [0, 0.05) is 30.9 Å². The molecule has 29 heavy (non-hydrogen) atoms. The minimum atomic E-state index is -0.0345. The van der Waals surface area contributed by atoms with E-state index in [1.165, 1.54) is 11.3 Å². The first-order valence-corrected chi connectivity index (χ1v) is 10.7. The predicted octanol–water partition coefficient (Wildman–Crippen LogP) is 4.06. The van der Waals surface area contributed by atoms with Crippen molar-refractivity contribution in [1.82, 2.24) is 5.32 Å². The topological polar surface area (TPSA) is 50.8 Å². The standard InChI is InChI=1S/C24H32N2O3/c1-2-3-17-29-23-12-8-21(9-13-23)24(27)25-14-4-5-20-6-10-22(11-7-20)26-15-18-28-19-16-26/h6-13H,2-5,14-19H2,1H3,(H,25,27). The molecule has 2 aromatic rings. The molecule has 1 heterocycles. The molecule has 0 saturated carbocycles. The number of rotatable bonds is 10. The lowest BCUT2D eigenvalue weighted by molar-refractivity contribution is 0.0953. The number of morpholine rings is 1. The average Bonchev–Trinajstić information content (AvgIpc) is 2.78. The van der Waals surface area contributed by atoms with Gasteiger partial charge in [-0.2, -0.15) is 0 Å². The molecule has 0 unspecified atom stereocenters. The summed E-state index contributed by atoms with van der Waals surface area (Å²) in [5, 5.41) is 3.00. The van der Waals surface area contributed by atoms with E-state index in [-0.39, 0.29) is 5.91 Å². The summed E-state index contributed by atoms with van der Waals surface area (Å²) in [6.45, 7) is 7.03. The van der Waals surface area contributed by atoms with Crippen molar-refractivity contribution in [1.29, 1.82) is 0 Å². The van der Waals surface area contributed by atoms with Gasteiger partial charge < -0.3 is 19.7 Å². The first-order valence-electron chi connectivity index (χ1n) is 10.7. The van der Waals surface area contributed by atoms with Crippen LogP contribution in [0.4, 0.5) is 5.69 Å². The molecule has 0 aromatic heterocycles. The van der Waals surface area contributed by atoms with E-state index in [4.69, 9.17) is 9.47 Å². The lowest BCUT2D eigenvalue weighted by Gasteiger charge is -2.28. The first-order chi connectivity index (χ1) is 14.3. The second-order valence-electron chi connectivity index (χ2n) is 7.35. The van der Waals surface area contributed by atoms with Crippen LogP contribution in [0.2, 0.25) is 0 Å². The molecule has 2 aromatic carbocycles. The summed E-state index contributed by atoms with van der Waals surface area (Å²) >= 11 is 0. The Labute approximate surface area is 174 Å². The van der Waals surface area contributed by atoms with Crippen molar-refractivity contribution < 1.29 is 14.3 Å². The maximum Gasteiger partial charge on any atom is 0.251 e. The van der Waals surface area contributed by atoms with Gasteiger partial charge in [0.25, 0.3) is 5.91 Å². The Morgan fingerprint density at radius 2 is 1.76 bits per heavy atom. The molecule has 5 nitrogen and oxygen atoms in total. The largest absolute Gasteiger partial charge is 0.494 e. The number of hydrogen-bond donors (Lipinski definition) is 1. The molecule has 1 saturated heterocycles. The van der Waals surface area contributed by atoms with Gasteiger partial charge in [0.15, 0.2) is 0 Å². The Kier molecular flexibility index (Phi) is 8.38. The van der Waals surface area contributed by atoms with Gasteiger partial charge in [-0.1, -0.05) is 25.5 Å². The van der Waals surface area contributed by atoms with Crippen LogP contribution in [0.15, 0.2) is 48.5 Å². The van der Waals surface area contributed by atoms with Crippen molar-refractivity contribution in [3.05, 3.63) is 59.7 Å². The minimum absolute atomic E-state index is 0.0345. The maximum absolute atomic E-state index is 12.3. The van der Waals surface area contributed by atoms with Gasteiger partial charge in [-0.25, -0.2) is 0 Å². The van der Waals surface area contributed by atoms with Crippen LogP contribution < -0.4 is 15.0 Å². The number of benzene rings is 2. The summed E-state index contributed by atoms with van der Waals surface area (Å²) in [6, 6.07) is 16.1. The normalized spacial score (nSPS) is 13.9.